The van der Waals surface area contributed by atoms with Crippen molar-refractivity contribution in [2.24, 2.45) is 0 Å². The van der Waals surface area contributed by atoms with Crippen molar-refractivity contribution < 1.29 is 4.79 Å². The molecule has 0 aliphatic heterocycles. The van der Waals surface area contributed by atoms with Gasteiger partial charge in [0.05, 0.1) is 5.69 Å². The predicted molar refractivity (Wildman–Crippen MR) is 80.2 cm³/mol. The Bertz CT molecular complexity index is 751. The lowest BCUT2D eigenvalue weighted by molar-refractivity contribution is 0.111. The first-order valence-corrected chi connectivity index (χ1v) is 7.21. The summed E-state index contributed by atoms with van der Waals surface area (Å²) in [4.78, 5) is 14.0. The van der Waals surface area contributed by atoms with Gasteiger partial charge >= 0.3 is 0 Å². The zero-order chi connectivity index (χ0) is 13.4. The number of carbonyl (C=O) groups is 1. The summed E-state index contributed by atoms with van der Waals surface area (Å²) in [5.41, 5.74) is 4.06. The largest absolute Gasteiger partial charge is 0.313 e. The van der Waals surface area contributed by atoms with Crippen LogP contribution in [0.1, 0.15) is 27.9 Å². The minimum atomic E-state index is 0.739. The summed E-state index contributed by atoms with van der Waals surface area (Å²) in [6.07, 6.45) is 3.94. The minimum absolute atomic E-state index is 0.739. The van der Waals surface area contributed by atoms with Crippen LogP contribution in [0.2, 0.25) is 0 Å². The van der Waals surface area contributed by atoms with Gasteiger partial charge in [-0.25, -0.2) is 0 Å². The van der Waals surface area contributed by atoms with Gasteiger partial charge in [-0.15, -0.1) is 11.3 Å². The number of pyridine rings is 1. The van der Waals surface area contributed by atoms with E-state index < -0.39 is 0 Å². The molecule has 0 aromatic carbocycles. The zero-order valence-corrected chi connectivity index (χ0v) is 11.8. The van der Waals surface area contributed by atoms with Crippen LogP contribution >= 0.6 is 11.3 Å². The van der Waals surface area contributed by atoms with Crippen molar-refractivity contribution in [3.05, 3.63) is 52.7 Å². The lowest BCUT2D eigenvalue weighted by Crippen LogP contribution is -1.92. The smallest absolute Gasteiger partial charge is 0.167 e. The molecule has 0 amide bonds. The van der Waals surface area contributed by atoms with Gasteiger partial charge in [0.1, 0.15) is 0 Å². The van der Waals surface area contributed by atoms with Crippen LogP contribution in [0, 0.1) is 6.92 Å². The Kier molecular flexibility index (Phi) is 2.99. The van der Waals surface area contributed by atoms with Crippen LogP contribution in [0.5, 0.6) is 0 Å². The maximum atomic E-state index is 11.4. The molecule has 0 aliphatic carbocycles. The standard InChI is InChI=1S/C16H15NOS/c1-3-12-6-7-16(19-12)13-9-14-11(2)5-4-8-17(14)15(13)10-18/h4-10H,3H2,1-2H3. The van der Waals surface area contributed by atoms with E-state index in [1.165, 1.54) is 15.3 Å². The van der Waals surface area contributed by atoms with Crippen molar-refractivity contribution in [2.75, 3.05) is 0 Å². The fourth-order valence-corrected chi connectivity index (χ4v) is 3.37. The van der Waals surface area contributed by atoms with Gasteiger partial charge in [0.15, 0.2) is 6.29 Å². The highest BCUT2D eigenvalue weighted by Crippen LogP contribution is 2.33. The second kappa shape index (κ2) is 4.67. The third-order valence-electron chi connectivity index (χ3n) is 3.45. The molecule has 19 heavy (non-hydrogen) atoms. The van der Waals surface area contributed by atoms with Crippen molar-refractivity contribution in [3.8, 4) is 10.4 Å². The average Bonchev–Trinajstić information content (AvgIpc) is 3.02. The SMILES string of the molecule is CCc1ccc(-c2cc3c(C)cccn3c2C=O)s1. The first-order chi connectivity index (χ1) is 9.24. The molecule has 0 atom stereocenters. The summed E-state index contributed by atoms with van der Waals surface area (Å²) in [7, 11) is 0. The number of aryl methyl sites for hydroxylation is 2. The topological polar surface area (TPSA) is 21.5 Å². The molecule has 3 aromatic heterocycles. The number of aromatic nitrogens is 1. The molecule has 0 saturated carbocycles. The fraction of sp³-hybridized carbons (Fsp3) is 0.188. The molecule has 2 nitrogen and oxygen atoms in total. The third-order valence-corrected chi connectivity index (χ3v) is 4.71. The number of thiophene rings is 1. The minimum Gasteiger partial charge on any atom is -0.313 e. The Morgan fingerprint density at radius 2 is 2.16 bits per heavy atom. The molecule has 0 N–H and O–H groups in total. The monoisotopic (exact) mass is 269 g/mol. The Balaban J connectivity index is 2.28. The molecule has 3 rings (SSSR count). The maximum Gasteiger partial charge on any atom is 0.167 e. The molecule has 96 valence electrons. The summed E-state index contributed by atoms with van der Waals surface area (Å²) in [5.74, 6) is 0. The van der Waals surface area contributed by atoms with Crippen LogP contribution in [-0.2, 0) is 6.42 Å². The van der Waals surface area contributed by atoms with Gasteiger partial charge in [-0.2, -0.15) is 0 Å². The molecule has 3 heterocycles. The summed E-state index contributed by atoms with van der Waals surface area (Å²) in [6.45, 7) is 4.22. The summed E-state index contributed by atoms with van der Waals surface area (Å²) in [6, 6.07) is 10.4. The van der Waals surface area contributed by atoms with E-state index in [1.54, 1.807) is 11.3 Å². The first kappa shape index (κ1) is 12.2. The van der Waals surface area contributed by atoms with E-state index in [0.717, 1.165) is 29.5 Å². The van der Waals surface area contributed by atoms with Crippen molar-refractivity contribution >= 4 is 23.1 Å². The Hall–Kier alpha value is -1.87. The van der Waals surface area contributed by atoms with Gasteiger partial charge in [-0.3, -0.25) is 4.79 Å². The maximum absolute atomic E-state index is 11.4. The number of fused-ring (bicyclic) bond motifs is 1. The van der Waals surface area contributed by atoms with E-state index in [-0.39, 0.29) is 0 Å². The highest BCUT2D eigenvalue weighted by atomic mass is 32.1. The highest BCUT2D eigenvalue weighted by molar-refractivity contribution is 7.15. The van der Waals surface area contributed by atoms with E-state index >= 15 is 0 Å². The number of nitrogens with zero attached hydrogens (tertiary/aromatic N) is 1. The fourth-order valence-electron chi connectivity index (χ4n) is 2.39. The van der Waals surface area contributed by atoms with E-state index in [2.05, 4.69) is 38.1 Å². The molecule has 0 saturated heterocycles. The van der Waals surface area contributed by atoms with Crippen molar-refractivity contribution in [1.29, 1.82) is 0 Å². The lowest BCUT2D eigenvalue weighted by Gasteiger charge is -1.99. The number of rotatable bonds is 3. The number of hydrogen-bond acceptors (Lipinski definition) is 2. The second-order valence-electron chi connectivity index (χ2n) is 4.63. The van der Waals surface area contributed by atoms with Crippen molar-refractivity contribution in [1.82, 2.24) is 4.40 Å². The van der Waals surface area contributed by atoms with Gasteiger partial charge < -0.3 is 4.40 Å². The molecule has 0 spiro atoms. The van der Waals surface area contributed by atoms with Gasteiger partial charge in [0.25, 0.3) is 0 Å². The summed E-state index contributed by atoms with van der Waals surface area (Å²) >= 11 is 1.76. The Morgan fingerprint density at radius 1 is 1.32 bits per heavy atom. The van der Waals surface area contributed by atoms with E-state index in [1.807, 2.05) is 16.7 Å². The van der Waals surface area contributed by atoms with Crippen LogP contribution < -0.4 is 0 Å². The predicted octanol–water partition coefficient (Wildman–Crippen LogP) is 4.35. The third kappa shape index (κ3) is 1.90. The molecule has 0 bridgehead atoms. The second-order valence-corrected chi connectivity index (χ2v) is 5.80. The number of hydrogen-bond donors (Lipinski definition) is 0. The molecule has 3 aromatic rings. The van der Waals surface area contributed by atoms with Gasteiger partial charge in [0, 0.05) is 27.0 Å². The molecule has 0 unspecified atom stereocenters. The summed E-state index contributed by atoms with van der Waals surface area (Å²) in [5, 5.41) is 0. The van der Waals surface area contributed by atoms with E-state index in [0.29, 0.717) is 0 Å². The van der Waals surface area contributed by atoms with Gasteiger partial charge in [0.2, 0.25) is 0 Å². The molecular weight excluding hydrogens is 254 g/mol. The quantitative estimate of drug-likeness (QED) is 0.648. The molecule has 0 radical (unpaired) electrons. The Morgan fingerprint density at radius 3 is 2.84 bits per heavy atom. The molecule has 3 heteroatoms. The van der Waals surface area contributed by atoms with Crippen LogP contribution in [0.3, 0.4) is 0 Å². The normalized spacial score (nSPS) is 11.1. The number of aldehydes is 1. The average molecular weight is 269 g/mol. The number of carbonyl (C=O) groups excluding carboxylic acids is 1. The molecule has 0 aliphatic rings. The van der Waals surface area contributed by atoms with Gasteiger partial charge in [-0.1, -0.05) is 13.0 Å². The van der Waals surface area contributed by atoms with Gasteiger partial charge in [-0.05, 0) is 43.2 Å². The highest BCUT2D eigenvalue weighted by Gasteiger charge is 2.13. The van der Waals surface area contributed by atoms with E-state index in [4.69, 9.17) is 0 Å². The first-order valence-electron chi connectivity index (χ1n) is 6.39. The van der Waals surface area contributed by atoms with Crippen LogP contribution in [0.15, 0.2) is 36.5 Å². The summed E-state index contributed by atoms with van der Waals surface area (Å²) < 4.78 is 1.98. The van der Waals surface area contributed by atoms with E-state index in [9.17, 15) is 4.79 Å². The van der Waals surface area contributed by atoms with Crippen molar-refractivity contribution in [3.63, 3.8) is 0 Å². The van der Waals surface area contributed by atoms with Crippen LogP contribution in [-0.4, -0.2) is 10.7 Å². The van der Waals surface area contributed by atoms with Crippen molar-refractivity contribution in [2.45, 2.75) is 20.3 Å². The molecular formula is C16H15NOS. The van der Waals surface area contributed by atoms with Crippen LogP contribution in [0.25, 0.3) is 16.0 Å². The van der Waals surface area contributed by atoms with Crippen LogP contribution in [0.4, 0.5) is 0 Å². The molecule has 0 fully saturated rings. The lowest BCUT2D eigenvalue weighted by atomic mass is 10.2. The zero-order valence-electron chi connectivity index (χ0n) is 11.0. The Labute approximate surface area is 116 Å².